The number of nitrogens with zero attached hydrogens (tertiary/aromatic N) is 2. The minimum absolute atomic E-state index is 0.0365. The zero-order valence-corrected chi connectivity index (χ0v) is 21.5. The summed E-state index contributed by atoms with van der Waals surface area (Å²) in [6.45, 7) is 1.52. The molecule has 1 aliphatic heterocycles. The number of aliphatic hydroxyl groups is 3. The molecule has 4 atom stereocenters. The summed E-state index contributed by atoms with van der Waals surface area (Å²) in [4.78, 5) is 55.7. The largest absolute Gasteiger partial charge is 0.515 e. The molecule has 0 bridgehead atoms. The van der Waals surface area contributed by atoms with Gasteiger partial charge in [-0.3, -0.25) is 29.0 Å². The molecule has 3 aliphatic carbocycles. The van der Waals surface area contributed by atoms with Crippen LogP contribution in [0.1, 0.15) is 30.4 Å². The van der Waals surface area contributed by atoms with Crippen LogP contribution in [0.3, 0.4) is 0 Å². The normalized spacial score (nSPS) is 30.0. The number of rotatable bonds is 4. The number of carbonyl (C=O) groups is 4. The van der Waals surface area contributed by atoms with Gasteiger partial charge in [0.1, 0.15) is 17.1 Å². The Kier molecular flexibility index (Phi) is 6.60. The molecule has 11 nitrogen and oxygen atoms in total. The summed E-state index contributed by atoms with van der Waals surface area (Å²) in [6.07, 6.45) is 1.88. The van der Waals surface area contributed by atoms with Gasteiger partial charge in [-0.05, 0) is 58.8 Å². The van der Waals surface area contributed by atoms with Gasteiger partial charge in [-0.1, -0.05) is 0 Å². The highest BCUT2D eigenvalue weighted by molar-refractivity contribution is 6.35. The Balaban J connectivity index is 1.57. The number of likely N-dealkylation sites (N-methyl/N-ethyl adjacent to an activating group) is 1. The highest BCUT2D eigenvalue weighted by atomic mass is 19.1. The molecule has 2 unspecified atom stereocenters. The summed E-state index contributed by atoms with van der Waals surface area (Å²) in [5, 5.41) is 45.7. The Morgan fingerprint density at radius 2 is 1.87 bits per heavy atom. The van der Waals surface area contributed by atoms with Crippen LogP contribution >= 0.6 is 0 Å². The Bertz CT molecular complexity index is 1360. The van der Waals surface area contributed by atoms with E-state index in [1.54, 1.807) is 0 Å². The van der Waals surface area contributed by atoms with E-state index in [9.17, 15) is 39.6 Å². The molecule has 0 radical (unpaired) electrons. The molecule has 2 saturated carbocycles. The number of nitrogens with one attached hydrogen (secondary N) is 1. The van der Waals surface area contributed by atoms with Gasteiger partial charge in [0.25, 0.3) is 0 Å². The van der Waals surface area contributed by atoms with Crippen molar-refractivity contribution in [1.82, 2.24) is 9.80 Å². The number of halogens is 1. The van der Waals surface area contributed by atoms with Crippen LogP contribution in [-0.4, -0.2) is 98.9 Å². The monoisotopic (exact) mass is 543 g/mol. The number of aliphatic hydroxyl groups excluding tert-OH is 2. The summed E-state index contributed by atoms with van der Waals surface area (Å²) in [7, 11) is 3.04. The van der Waals surface area contributed by atoms with Crippen LogP contribution in [-0.2, 0) is 25.6 Å². The summed E-state index contributed by atoms with van der Waals surface area (Å²) in [5.74, 6) is -8.12. The molecule has 0 spiro atoms. The summed E-state index contributed by atoms with van der Waals surface area (Å²) >= 11 is 0. The van der Waals surface area contributed by atoms with Crippen molar-refractivity contribution in [1.29, 1.82) is 0 Å². The van der Waals surface area contributed by atoms with E-state index in [0.717, 1.165) is 32.0 Å². The first-order chi connectivity index (χ1) is 18.4. The minimum Gasteiger partial charge on any atom is -0.515 e. The van der Waals surface area contributed by atoms with Crippen molar-refractivity contribution in [2.75, 3.05) is 39.0 Å². The van der Waals surface area contributed by atoms with Gasteiger partial charge in [-0.25, -0.2) is 4.39 Å². The molecule has 4 aliphatic rings. The number of carbonyl (C=O) groups excluding carboxylic acids is 4. The SMILES string of the molecule is CN(C)C1C(=O)C(=CO)C(=O)[C@@]2(O)C(=O)C3=C(O)c4c(O)c(NC(=O)CN5CCCC5)cc(F)c4CC3C[C@@H]12. The number of Topliss-reactive ketones (excluding diaryl/α,β-unsaturated/α-hetero) is 3. The van der Waals surface area contributed by atoms with Crippen LogP contribution in [0.5, 0.6) is 5.75 Å². The average molecular weight is 544 g/mol. The van der Waals surface area contributed by atoms with Crippen LogP contribution in [0.25, 0.3) is 5.76 Å². The molecular weight excluding hydrogens is 513 g/mol. The maximum Gasteiger partial charge on any atom is 0.238 e. The van der Waals surface area contributed by atoms with E-state index in [1.807, 2.05) is 4.90 Å². The number of benzene rings is 1. The minimum atomic E-state index is -2.77. The lowest BCUT2D eigenvalue weighted by Crippen LogP contribution is -2.69. The number of anilines is 1. The van der Waals surface area contributed by atoms with E-state index in [4.69, 9.17) is 0 Å². The molecule has 208 valence electrons. The van der Waals surface area contributed by atoms with Crippen molar-refractivity contribution in [3.63, 3.8) is 0 Å². The number of hydrogen-bond acceptors (Lipinski definition) is 10. The second-order valence-corrected chi connectivity index (χ2v) is 10.9. The van der Waals surface area contributed by atoms with E-state index in [-0.39, 0.29) is 42.5 Å². The van der Waals surface area contributed by atoms with Gasteiger partial charge in [0, 0.05) is 23.1 Å². The Morgan fingerprint density at radius 1 is 1.21 bits per heavy atom. The van der Waals surface area contributed by atoms with Crippen molar-refractivity contribution in [3.05, 3.63) is 40.4 Å². The standard InChI is InChI=1S/C27H30FN3O8/c1-30(2)21-15-8-12-7-13-16(28)9-17(29-18(33)10-31-5-3-4-6-31)23(35)20(13)24(36)19(12)26(38)27(15,39)25(37)14(11-32)22(21)34/h9,11-12,15,21,32,35-36,39H,3-8,10H2,1-2H3,(H,29,33)/t12?,15-,21?,27+/m0/s1. The number of ketones is 3. The van der Waals surface area contributed by atoms with Crippen LogP contribution < -0.4 is 5.32 Å². The fourth-order valence-corrected chi connectivity index (χ4v) is 6.59. The van der Waals surface area contributed by atoms with Gasteiger partial charge in [0.2, 0.25) is 17.5 Å². The second-order valence-electron chi connectivity index (χ2n) is 10.9. The Labute approximate surface area is 223 Å². The Hall–Kier alpha value is -3.61. The topological polar surface area (TPSA) is 168 Å². The van der Waals surface area contributed by atoms with Gasteiger partial charge in [0.05, 0.1) is 30.1 Å². The maximum absolute atomic E-state index is 15.3. The number of phenols is 1. The van der Waals surface area contributed by atoms with Crippen molar-refractivity contribution >= 4 is 34.7 Å². The van der Waals surface area contributed by atoms with E-state index >= 15 is 4.39 Å². The predicted octanol–water partition coefficient (Wildman–Crippen LogP) is 0.851. The van der Waals surface area contributed by atoms with Crippen molar-refractivity contribution in [2.24, 2.45) is 11.8 Å². The highest BCUT2D eigenvalue weighted by Gasteiger charge is 2.65. The molecule has 1 heterocycles. The maximum atomic E-state index is 15.3. The van der Waals surface area contributed by atoms with E-state index < -0.39 is 75.2 Å². The molecule has 5 rings (SSSR count). The third-order valence-electron chi connectivity index (χ3n) is 8.40. The highest BCUT2D eigenvalue weighted by Crippen LogP contribution is 2.52. The van der Waals surface area contributed by atoms with Crippen molar-refractivity contribution in [3.8, 4) is 5.75 Å². The smallest absolute Gasteiger partial charge is 0.238 e. The lowest BCUT2D eigenvalue weighted by molar-refractivity contribution is -0.165. The van der Waals surface area contributed by atoms with Gasteiger partial charge in [0.15, 0.2) is 17.1 Å². The molecule has 1 amide bonds. The second kappa shape index (κ2) is 9.54. The van der Waals surface area contributed by atoms with E-state index in [1.165, 1.54) is 19.0 Å². The van der Waals surface area contributed by atoms with E-state index in [0.29, 0.717) is 0 Å². The van der Waals surface area contributed by atoms with Gasteiger partial charge < -0.3 is 25.7 Å². The number of phenolic OH excluding ortho intramolecular Hbond substituents is 1. The number of aromatic hydroxyl groups is 1. The number of amides is 1. The fraction of sp³-hybridized carbons (Fsp3) is 0.481. The lowest BCUT2D eigenvalue weighted by atomic mass is 9.56. The fourth-order valence-electron chi connectivity index (χ4n) is 6.59. The lowest BCUT2D eigenvalue weighted by Gasteiger charge is -2.50. The third-order valence-corrected chi connectivity index (χ3v) is 8.40. The van der Waals surface area contributed by atoms with Crippen LogP contribution in [0.15, 0.2) is 23.5 Å². The average Bonchev–Trinajstić information content (AvgIpc) is 3.37. The number of likely N-dealkylation sites (tertiary alicyclic amines) is 1. The zero-order chi connectivity index (χ0) is 28.4. The molecule has 5 N–H and O–H groups in total. The quantitative estimate of drug-likeness (QED) is 0.121. The first-order valence-corrected chi connectivity index (χ1v) is 12.8. The first-order valence-electron chi connectivity index (χ1n) is 12.8. The van der Waals surface area contributed by atoms with Gasteiger partial charge in [-0.2, -0.15) is 0 Å². The molecule has 39 heavy (non-hydrogen) atoms. The van der Waals surface area contributed by atoms with Gasteiger partial charge in [-0.15, -0.1) is 0 Å². The molecule has 3 fully saturated rings. The first kappa shape index (κ1) is 27.0. The molecule has 1 aromatic carbocycles. The third kappa shape index (κ3) is 3.97. The number of hydrogen-bond donors (Lipinski definition) is 5. The number of fused-ring (bicyclic) bond motifs is 3. The van der Waals surface area contributed by atoms with Gasteiger partial charge >= 0.3 is 0 Å². The summed E-state index contributed by atoms with van der Waals surface area (Å²) in [6, 6.07) is -0.198. The van der Waals surface area contributed by atoms with Crippen molar-refractivity contribution in [2.45, 2.75) is 37.3 Å². The summed E-state index contributed by atoms with van der Waals surface area (Å²) < 4.78 is 15.3. The zero-order valence-electron chi connectivity index (χ0n) is 21.5. The van der Waals surface area contributed by atoms with Crippen LogP contribution in [0.2, 0.25) is 0 Å². The Morgan fingerprint density at radius 3 is 2.49 bits per heavy atom. The summed E-state index contributed by atoms with van der Waals surface area (Å²) in [5.41, 5.74) is -4.69. The van der Waals surface area contributed by atoms with Crippen molar-refractivity contribution < 1.29 is 44.0 Å². The van der Waals surface area contributed by atoms with Crippen LogP contribution in [0.4, 0.5) is 10.1 Å². The van der Waals surface area contributed by atoms with Crippen LogP contribution in [0, 0.1) is 17.7 Å². The molecule has 0 aromatic heterocycles. The molecule has 12 heteroatoms. The molecule has 1 aromatic rings. The predicted molar refractivity (Wildman–Crippen MR) is 135 cm³/mol. The molecular formula is C27H30FN3O8. The molecule has 1 saturated heterocycles. The van der Waals surface area contributed by atoms with E-state index in [2.05, 4.69) is 5.32 Å².